The third kappa shape index (κ3) is 4.38. The van der Waals surface area contributed by atoms with Crippen molar-refractivity contribution in [2.45, 2.75) is 6.92 Å². The number of fused-ring (bicyclic) bond motifs is 1. The Morgan fingerprint density at radius 1 is 0.970 bits per heavy atom. The zero-order valence-corrected chi connectivity index (χ0v) is 18.2. The van der Waals surface area contributed by atoms with Gasteiger partial charge in [0.15, 0.2) is 5.69 Å². The van der Waals surface area contributed by atoms with E-state index in [0.717, 1.165) is 37.3 Å². The highest BCUT2D eigenvalue weighted by molar-refractivity contribution is 6.10. The van der Waals surface area contributed by atoms with Crippen LogP contribution in [0, 0.1) is 12.7 Å². The Hall–Kier alpha value is -3.91. The number of piperazine rings is 1. The molecule has 2 N–H and O–H groups in total. The summed E-state index contributed by atoms with van der Waals surface area (Å²) in [6.07, 6.45) is 0. The van der Waals surface area contributed by atoms with Gasteiger partial charge in [0.25, 0.3) is 5.91 Å². The SMILES string of the molecule is Cc1ccccc1NC(=O)c1nc(N2CCNCC2)nc2ccc(-c3ccc(F)cc3)nc12. The molecule has 1 saturated heterocycles. The van der Waals surface area contributed by atoms with E-state index in [1.54, 1.807) is 12.1 Å². The molecular formula is C25H23FN6O. The number of aryl methyl sites for hydroxylation is 1. The Morgan fingerprint density at radius 2 is 1.73 bits per heavy atom. The fraction of sp³-hybridized carbons (Fsp3) is 0.200. The van der Waals surface area contributed by atoms with E-state index in [9.17, 15) is 9.18 Å². The minimum atomic E-state index is -0.350. The number of rotatable bonds is 4. The summed E-state index contributed by atoms with van der Waals surface area (Å²) in [5.74, 6) is -0.158. The summed E-state index contributed by atoms with van der Waals surface area (Å²) in [7, 11) is 0. The Kier molecular flexibility index (Phi) is 5.66. The zero-order chi connectivity index (χ0) is 22.8. The molecule has 1 fully saturated rings. The number of pyridine rings is 1. The number of para-hydroxylation sites is 1. The summed E-state index contributed by atoms with van der Waals surface area (Å²) >= 11 is 0. The van der Waals surface area contributed by atoms with Crippen LogP contribution < -0.4 is 15.5 Å². The predicted molar refractivity (Wildman–Crippen MR) is 127 cm³/mol. The molecular weight excluding hydrogens is 419 g/mol. The van der Waals surface area contributed by atoms with E-state index in [4.69, 9.17) is 9.97 Å². The zero-order valence-electron chi connectivity index (χ0n) is 18.2. The third-order valence-corrected chi connectivity index (χ3v) is 5.68. The average molecular weight is 442 g/mol. The lowest BCUT2D eigenvalue weighted by Crippen LogP contribution is -2.44. The summed E-state index contributed by atoms with van der Waals surface area (Å²) in [6.45, 7) is 5.10. The number of halogens is 1. The van der Waals surface area contributed by atoms with Crippen molar-refractivity contribution in [2.75, 3.05) is 36.4 Å². The molecule has 4 aromatic rings. The number of benzene rings is 2. The van der Waals surface area contributed by atoms with Gasteiger partial charge < -0.3 is 15.5 Å². The number of hydrogen-bond acceptors (Lipinski definition) is 6. The Balaban J connectivity index is 1.61. The van der Waals surface area contributed by atoms with Crippen LogP contribution in [0.1, 0.15) is 16.1 Å². The lowest BCUT2D eigenvalue weighted by molar-refractivity contribution is 0.102. The van der Waals surface area contributed by atoms with Crippen LogP contribution in [0.15, 0.2) is 60.7 Å². The summed E-state index contributed by atoms with van der Waals surface area (Å²) in [6, 6.07) is 17.3. The second-order valence-corrected chi connectivity index (χ2v) is 7.95. The van der Waals surface area contributed by atoms with Crippen molar-refractivity contribution in [3.63, 3.8) is 0 Å². The molecule has 33 heavy (non-hydrogen) atoms. The Bertz CT molecular complexity index is 1320. The van der Waals surface area contributed by atoms with Gasteiger partial charge in [-0.2, -0.15) is 0 Å². The number of aromatic nitrogens is 3. The molecule has 0 radical (unpaired) electrons. The molecule has 7 nitrogen and oxygen atoms in total. The monoisotopic (exact) mass is 442 g/mol. The fourth-order valence-electron chi connectivity index (χ4n) is 3.84. The van der Waals surface area contributed by atoms with Crippen LogP contribution in [0.3, 0.4) is 0 Å². The van der Waals surface area contributed by atoms with Crippen LogP contribution in [0.25, 0.3) is 22.3 Å². The van der Waals surface area contributed by atoms with Crippen LogP contribution in [-0.2, 0) is 0 Å². The quantitative estimate of drug-likeness (QED) is 0.500. The van der Waals surface area contributed by atoms with Crippen LogP contribution >= 0.6 is 0 Å². The molecule has 0 bridgehead atoms. The van der Waals surface area contributed by atoms with Gasteiger partial charge >= 0.3 is 0 Å². The van der Waals surface area contributed by atoms with E-state index in [2.05, 4.69) is 20.5 Å². The first-order chi connectivity index (χ1) is 16.1. The predicted octanol–water partition coefficient (Wildman–Crippen LogP) is 3.80. The molecule has 166 valence electrons. The highest BCUT2D eigenvalue weighted by Crippen LogP contribution is 2.25. The molecule has 0 spiro atoms. The van der Waals surface area contributed by atoms with Crippen molar-refractivity contribution in [3.05, 3.63) is 77.7 Å². The molecule has 0 atom stereocenters. The molecule has 0 aliphatic carbocycles. The van der Waals surface area contributed by atoms with Gasteiger partial charge in [0.2, 0.25) is 5.95 Å². The number of carbonyl (C=O) groups excluding carboxylic acids is 1. The summed E-state index contributed by atoms with van der Waals surface area (Å²) < 4.78 is 13.4. The van der Waals surface area contributed by atoms with E-state index >= 15 is 0 Å². The number of anilines is 2. The number of amides is 1. The van der Waals surface area contributed by atoms with Crippen molar-refractivity contribution in [3.8, 4) is 11.3 Å². The lowest BCUT2D eigenvalue weighted by Gasteiger charge is -2.27. The highest BCUT2D eigenvalue weighted by atomic mass is 19.1. The molecule has 5 rings (SSSR count). The number of nitrogens with one attached hydrogen (secondary N) is 2. The summed E-state index contributed by atoms with van der Waals surface area (Å²) in [4.78, 5) is 29.5. The molecule has 1 aliphatic rings. The normalized spacial score (nSPS) is 13.8. The van der Waals surface area contributed by atoms with Gasteiger partial charge in [-0.1, -0.05) is 18.2 Å². The number of carbonyl (C=O) groups is 1. The van der Waals surface area contributed by atoms with Crippen LogP contribution in [-0.4, -0.2) is 47.0 Å². The fourth-order valence-corrected chi connectivity index (χ4v) is 3.84. The van der Waals surface area contributed by atoms with Crippen molar-refractivity contribution in [2.24, 2.45) is 0 Å². The molecule has 1 amide bonds. The topological polar surface area (TPSA) is 83.0 Å². The Morgan fingerprint density at radius 3 is 2.48 bits per heavy atom. The lowest BCUT2D eigenvalue weighted by atomic mass is 10.1. The largest absolute Gasteiger partial charge is 0.338 e. The second-order valence-electron chi connectivity index (χ2n) is 7.95. The second kappa shape index (κ2) is 8.91. The minimum Gasteiger partial charge on any atom is -0.338 e. The van der Waals surface area contributed by atoms with E-state index < -0.39 is 0 Å². The van der Waals surface area contributed by atoms with E-state index in [1.807, 2.05) is 43.3 Å². The maximum Gasteiger partial charge on any atom is 0.276 e. The van der Waals surface area contributed by atoms with E-state index in [0.29, 0.717) is 28.4 Å². The standard InChI is InChI=1S/C25H23FN6O/c1-16-4-2-3-5-19(16)29-24(33)23-22-21(30-25(31-23)32-14-12-27-13-15-32)11-10-20(28-22)17-6-8-18(26)9-7-17/h2-11,27H,12-15H2,1H3,(H,29,33). The van der Waals surface area contributed by atoms with Crippen LogP contribution in [0.2, 0.25) is 0 Å². The van der Waals surface area contributed by atoms with Gasteiger partial charge in [-0.25, -0.2) is 19.3 Å². The van der Waals surface area contributed by atoms with Gasteiger partial charge in [-0.3, -0.25) is 4.79 Å². The van der Waals surface area contributed by atoms with Gasteiger partial charge in [0.05, 0.1) is 11.2 Å². The maximum absolute atomic E-state index is 13.4. The molecule has 0 unspecified atom stereocenters. The molecule has 0 saturated carbocycles. The van der Waals surface area contributed by atoms with Gasteiger partial charge in [0.1, 0.15) is 11.3 Å². The average Bonchev–Trinajstić information content (AvgIpc) is 2.85. The first-order valence-electron chi connectivity index (χ1n) is 10.9. The van der Waals surface area contributed by atoms with Gasteiger partial charge in [0, 0.05) is 37.4 Å². The molecule has 3 heterocycles. The smallest absolute Gasteiger partial charge is 0.276 e. The molecule has 8 heteroatoms. The van der Waals surface area contributed by atoms with Gasteiger partial charge in [-0.15, -0.1) is 0 Å². The molecule has 1 aliphatic heterocycles. The first kappa shape index (κ1) is 21.0. The van der Waals surface area contributed by atoms with Crippen molar-refractivity contribution < 1.29 is 9.18 Å². The van der Waals surface area contributed by atoms with Crippen molar-refractivity contribution >= 4 is 28.6 Å². The first-order valence-corrected chi connectivity index (χ1v) is 10.9. The summed E-state index contributed by atoms with van der Waals surface area (Å²) in [5.41, 5.74) is 4.22. The van der Waals surface area contributed by atoms with Crippen LogP contribution in [0.5, 0.6) is 0 Å². The minimum absolute atomic E-state index is 0.209. The van der Waals surface area contributed by atoms with E-state index in [1.165, 1.54) is 12.1 Å². The maximum atomic E-state index is 13.4. The summed E-state index contributed by atoms with van der Waals surface area (Å²) in [5, 5.41) is 6.28. The van der Waals surface area contributed by atoms with Gasteiger partial charge in [-0.05, 0) is 55.0 Å². The number of nitrogens with zero attached hydrogens (tertiary/aromatic N) is 4. The van der Waals surface area contributed by atoms with Crippen molar-refractivity contribution in [1.82, 2.24) is 20.3 Å². The van der Waals surface area contributed by atoms with E-state index in [-0.39, 0.29) is 17.4 Å². The molecule has 2 aromatic carbocycles. The van der Waals surface area contributed by atoms with Crippen LogP contribution in [0.4, 0.5) is 16.0 Å². The molecule has 2 aromatic heterocycles. The highest BCUT2D eigenvalue weighted by Gasteiger charge is 2.21. The number of hydrogen-bond donors (Lipinski definition) is 2. The Labute approximate surface area is 190 Å². The van der Waals surface area contributed by atoms with Crippen molar-refractivity contribution in [1.29, 1.82) is 0 Å². The third-order valence-electron chi connectivity index (χ3n) is 5.68.